The van der Waals surface area contributed by atoms with Crippen molar-refractivity contribution in [1.29, 1.82) is 0 Å². The van der Waals surface area contributed by atoms with Crippen molar-refractivity contribution < 1.29 is 8.81 Å². The van der Waals surface area contributed by atoms with Crippen molar-refractivity contribution in [2.75, 3.05) is 5.32 Å². The summed E-state index contributed by atoms with van der Waals surface area (Å²) in [5.41, 5.74) is 3.06. The molecule has 118 valence electrons. The summed E-state index contributed by atoms with van der Waals surface area (Å²) in [6.45, 7) is 2.08. The van der Waals surface area contributed by atoms with Crippen LogP contribution in [0.3, 0.4) is 0 Å². The number of aryl methyl sites for hydroxylation is 3. The molecule has 4 nitrogen and oxygen atoms in total. The maximum absolute atomic E-state index is 13.5. The van der Waals surface area contributed by atoms with Gasteiger partial charge in [0.2, 0.25) is 5.89 Å². The molecule has 0 atom stereocenters. The zero-order chi connectivity index (χ0) is 16.2. The molecule has 0 aliphatic heterocycles. The van der Waals surface area contributed by atoms with E-state index in [-0.39, 0.29) is 11.8 Å². The van der Waals surface area contributed by atoms with Gasteiger partial charge in [0, 0.05) is 12.1 Å². The summed E-state index contributed by atoms with van der Waals surface area (Å²) < 4.78 is 19.4. The highest BCUT2D eigenvalue weighted by Gasteiger charge is 2.08. The normalized spacial score (nSPS) is 10.7. The average Bonchev–Trinajstić information content (AvgIpc) is 2.98. The van der Waals surface area contributed by atoms with Crippen LogP contribution < -0.4 is 5.32 Å². The number of benzene rings is 2. The number of halogens is 2. The van der Waals surface area contributed by atoms with Gasteiger partial charge in [-0.1, -0.05) is 29.4 Å². The van der Waals surface area contributed by atoms with Crippen LogP contribution in [0, 0.1) is 12.7 Å². The van der Waals surface area contributed by atoms with Crippen LogP contribution in [0.2, 0.25) is 0 Å². The highest BCUT2D eigenvalue weighted by Crippen LogP contribution is 2.22. The maximum atomic E-state index is 13.5. The number of rotatable bonds is 5. The molecule has 0 amide bonds. The Balaban J connectivity index is 1.64. The van der Waals surface area contributed by atoms with Crippen molar-refractivity contribution >= 4 is 27.6 Å². The van der Waals surface area contributed by atoms with Gasteiger partial charge in [-0.15, -0.1) is 5.10 Å². The Hall–Kier alpha value is -2.21. The van der Waals surface area contributed by atoms with Crippen LogP contribution in [0.1, 0.15) is 17.0 Å². The van der Waals surface area contributed by atoms with Crippen LogP contribution in [0.5, 0.6) is 0 Å². The monoisotopic (exact) mass is 375 g/mol. The third kappa shape index (κ3) is 3.96. The number of anilines is 2. The van der Waals surface area contributed by atoms with E-state index in [1.165, 1.54) is 17.2 Å². The fourth-order valence-electron chi connectivity index (χ4n) is 2.23. The smallest absolute Gasteiger partial charge is 0.320 e. The van der Waals surface area contributed by atoms with Crippen LogP contribution in [0.15, 0.2) is 51.4 Å². The van der Waals surface area contributed by atoms with Crippen molar-refractivity contribution in [1.82, 2.24) is 10.2 Å². The topological polar surface area (TPSA) is 51.0 Å². The molecule has 1 heterocycles. The molecular formula is C17H15BrFN3O. The number of hydrogen-bond acceptors (Lipinski definition) is 4. The molecule has 0 spiro atoms. The van der Waals surface area contributed by atoms with Crippen molar-refractivity contribution in [3.63, 3.8) is 0 Å². The largest absolute Gasteiger partial charge is 0.408 e. The summed E-state index contributed by atoms with van der Waals surface area (Å²) in [5, 5.41) is 10.9. The standard InChI is InChI=1S/C17H15BrFN3O/c1-11-4-2-3-5-12(11)6-9-16-21-22-17(23-16)20-13-7-8-14(18)15(19)10-13/h2-5,7-8,10H,6,9H2,1H3,(H,20,22). The third-order valence-corrected chi connectivity index (χ3v) is 4.15. The lowest BCUT2D eigenvalue weighted by molar-refractivity contribution is 0.507. The molecule has 6 heteroatoms. The van der Waals surface area contributed by atoms with E-state index in [1.54, 1.807) is 12.1 Å². The minimum Gasteiger partial charge on any atom is -0.408 e. The number of nitrogens with one attached hydrogen (secondary N) is 1. The second kappa shape index (κ2) is 6.91. The van der Waals surface area contributed by atoms with Gasteiger partial charge in [-0.3, -0.25) is 0 Å². The highest BCUT2D eigenvalue weighted by molar-refractivity contribution is 9.10. The molecule has 1 N–H and O–H groups in total. The molecule has 0 bridgehead atoms. The fraction of sp³-hybridized carbons (Fsp3) is 0.176. The zero-order valence-corrected chi connectivity index (χ0v) is 14.1. The molecule has 0 aliphatic rings. The van der Waals surface area contributed by atoms with Crippen LogP contribution in [0.4, 0.5) is 16.1 Å². The Morgan fingerprint density at radius 2 is 1.96 bits per heavy atom. The van der Waals surface area contributed by atoms with E-state index in [4.69, 9.17) is 4.42 Å². The molecule has 0 unspecified atom stereocenters. The predicted octanol–water partition coefficient (Wildman–Crippen LogP) is 4.81. The first-order valence-electron chi connectivity index (χ1n) is 7.21. The first kappa shape index (κ1) is 15.7. The second-order valence-electron chi connectivity index (χ2n) is 5.18. The summed E-state index contributed by atoms with van der Waals surface area (Å²) in [5.74, 6) is 0.197. The summed E-state index contributed by atoms with van der Waals surface area (Å²) in [6, 6.07) is 13.2. The van der Waals surface area contributed by atoms with Gasteiger partial charge in [0.15, 0.2) is 0 Å². The highest BCUT2D eigenvalue weighted by atomic mass is 79.9. The fourth-order valence-corrected chi connectivity index (χ4v) is 2.48. The lowest BCUT2D eigenvalue weighted by Gasteiger charge is -2.03. The molecule has 1 aromatic heterocycles. The van der Waals surface area contributed by atoms with E-state index >= 15 is 0 Å². The number of aromatic nitrogens is 2. The van der Waals surface area contributed by atoms with E-state index < -0.39 is 0 Å². The van der Waals surface area contributed by atoms with E-state index in [0.717, 1.165) is 6.42 Å². The summed E-state index contributed by atoms with van der Waals surface area (Å²) in [7, 11) is 0. The first-order valence-corrected chi connectivity index (χ1v) is 8.00. The Bertz CT molecular complexity index is 819. The molecule has 0 aliphatic carbocycles. The van der Waals surface area contributed by atoms with Crippen LogP contribution in [-0.4, -0.2) is 10.2 Å². The molecule has 3 aromatic rings. The third-order valence-electron chi connectivity index (χ3n) is 3.51. The SMILES string of the molecule is Cc1ccccc1CCc1nnc(Nc2ccc(Br)c(F)c2)o1. The molecule has 23 heavy (non-hydrogen) atoms. The number of nitrogens with zero attached hydrogens (tertiary/aromatic N) is 2. The first-order chi connectivity index (χ1) is 11.1. The molecule has 0 saturated carbocycles. The molecule has 0 radical (unpaired) electrons. The van der Waals surface area contributed by atoms with Gasteiger partial charge in [0.05, 0.1) is 4.47 Å². The number of hydrogen-bond donors (Lipinski definition) is 1. The van der Waals surface area contributed by atoms with Crippen molar-refractivity contribution in [3.05, 3.63) is 69.8 Å². The molecule has 3 rings (SSSR count). The maximum Gasteiger partial charge on any atom is 0.320 e. The van der Waals surface area contributed by atoms with Gasteiger partial charge in [-0.05, 0) is 58.6 Å². The van der Waals surface area contributed by atoms with Crippen LogP contribution in [0.25, 0.3) is 0 Å². The van der Waals surface area contributed by atoms with Crippen molar-refractivity contribution in [3.8, 4) is 0 Å². The quantitative estimate of drug-likeness (QED) is 0.695. The zero-order valence-electron chi connectivity index (χ0n) is 12.5. The predicted molar refractivity (Wildman–Crippen MR) is 90.3 cm³/mol. The minimum absolute atomic E-state index is 0.256. The van der Waals surface area contributed by atoms with Crippen molar-refractivity contribution in [2.45, 2.75) is 19.8 Å². The van der Waals surface area contributed by atoms with Gasteiger partial charge in [-0.2, -0.15) is 0 Å². The Morgan fingerprint density at radius 3 is 2.74 bits per heavy atom. The summed E-state index contributed by atoms with van der Waals surface area (Å²) >= 11 is 3.11. The summed E-state index contributed by atoms with van der Waals surface area (Å²) in [4.78, 5) is 0. The molecule has 2 aromatic carbocycles. The van der Waals surface area contributed by atoms with Crippen molar-refractivity contribution in [2.24, 2.45) is 0 Å². The molecular weight excluding hydrogens is 361 g/mol. The lowest BCUT2D eigenvalue weighted by Crippen LogP contribution is -1.94. The minimum atomic E-state index is -0.353. The Morgan fingerprint density at radius 1 is 1.13 bits per heavy atom. The van der Waals surface area contributed by atoms with E-state index in [1.807, 2.05) is 12.1 Å². The van der Waals surface area contributed by atoms with E-state index in [9.17, 15) is 4.39 Å². The van der Waals surface area contributed by atoms with Gasteiger partial charge >= 0.3 is 6.01 Å². The summed E-state index contributed by atoms with van der Waals surface area (Å²) in [6.07, 6.45) is 1.50. The van der Waals surface area contributed by atoms with E-state index in [0.29, 0.717) is 22.5 Å². The Labute approximate surface area is 141 Å². The molecule has 0 saturated heterocycles. The average molecular weight is 376 g/mol. The Kier molecular flexibility index (Phi) is 4.71. The lowest BCUT2D eigenvalue weighted by atomic mass is 10.0. The van der Waals surface area contributed by atoms with Gasteiger partial charge in [-0.25, -0.2) is 4.39 Å². The van der Waals surface area contributed by atoms with Crippen LogP contribution in [-0.2, 0) is 12.8 Å². The van der Waals surface area contributed by atoms with Gasteiger partial charge in [0.1, 0.15) is 5.82 Å². The van der Waals surface area contributed by atoms with Gasteiger partial charge < -0.3 is 9.73 Å². The van der Waals surface area contributed by atoms with Crippen LogP contribution >= 0.6 is 15.9 Å². The molecule has 0 fully saturated rings. The van der Waals surface area contributed by atoms with Gasteiger partial charge in [0.25, 0.3) is 0 Å². The van der Waals surface area contributed by atoms with E-state index in [2.05, 4.69) is 50.5 Å². The second-order valence-corrected chi connectivity index (χ2v) is 6.04.